The fraction of sp³-hybridized carbons (Fsp3) is 0.545. The van der Waals surface area contributed by atoms with E-state index >= 15 is 0 Å². The van der Waals surface area contributed by atoms with Crippen molar-refractivity contribution in [2.24, 2.45) is 0 Å². The number of carbonyl (C=O) groups excluding carboxylic acids is 1. The van der Waals surface area contributed by atoms with Crippen LogP contribution in [-0.4, -0.2) is 38.8 Å². The third kappa shape index (κ3) is 5.36. The predicted octanol–water partition coefficient (Wildman–Crippen LogP) is 1.07. The molecule has 0 fully saturated rings. The van der Waals surface area contributed by atoms with Crippen molar-refractivity contribution in [1.82, 2.24) is 15.3 Å². The molecule has 1 rings (SSSR count). The van der Waals surface area contributed by atoms with Gasteiger partial charge in [0.25, 0.3) is 6.08 Å². The Morgan fingerprint density at radius 3 is 2.63 bits per heavy atom. The van der Waals surface area contributed by atoms with Gasteiger partial charge < -0.3 is 20.1 Å². The molecule has 1 atom stereocenters. The lowest BCUT2D eigenvalue weighted by Crippen LogP contribution is -2.44. The van der Waals surface area contributed by atoms with Crippen LogP contribution in [0.15, 0.2) is 6.20 Å². The fourth-order valence-electron chi connectivity index (χ4n) is 1.31. The zero-order valence-electron chi connectivity index (χ0n) is 10.9. The molecular weight excluding hydrogens is 257 g/mol. The summed E-state index contributed by atoms with van der Waals surface area (Å²) >= 11 is 0. The number of hydrogen-bond donors (Lipinski definition) is 3. The van der Waals surface area contributed by atoms with Crippen molar-refractivity contribution in [1.29, 1.82) is 0 Å². The van der Waals surface area contributed by atoms with E-state index in [1.165, 1.54) is 6.20 Å². The Bertz CT molecular complexity index is 467. The van der Waals surface area contributed by atoms with Gasteiger partial charge in [-0.2, -0.15) is 4.39 Å². The number of halogens is 1. The van der Waals surface area contributed by atoms with Gasteiger partial charge in [-0.1, -0.05) is 0 Å². The molecule has 0 saturated heterocycles. The second-order valence-corrected chi connectivity index (χ2v) is 4.94. The molecule has 0 radical (unpaired) electrons. The van der Waals surface area contributed by atoms with Crippen LogP contribution in [0.5, 0.6) is 0 Å². The Morgan fingerprint density at radius 2 is 2.21 bits per heavy atom. The summed E-state index contributed by atoms with van der Waals surface area (Å²) in [4.78, 5) is 28.0. The van der Waals surface area contributed by atoms with Gasteiger partial charge in [-0.3, -0.25) is 0 Å². The molecule has 0 aliphatic carbocycles. The average Bonchev–Trinajstić information content (AvgIpc) is 2.60. The third-order valence-electron chi connectivity index (χ3n) is 2.01. The summed E-state index contributed by atoms with van der Waals surface area (Å²) in [6.45, 7) is 4.98. The molecule has 1 unspecified atom stereocenters. The normalized spacial score (nSPS) is 12.8. The van der Waals surface area contributed by atoms with Gasteiger partial charge >= 0.3 is 12.1 Å². The fourth-order valence-corrected chi connectivity index (χ4v) is 1.31. The van der Waals surface area contributed by atoms with Gasteiger partial charge in [0.05, 0.1) is 6.20 Å². The Balaban J connectivity index is 2.63. The van der Waals surface area contributed by atoms with Crippen molar-refractivity contribution < 1.29 is 23.8 Å². The second kappa shape index (κ2) is 5.68. The zero-order valence-corrected chi connectivity index (χ0v) is 10.9. The van der Waals surface area contributed by atoms with Gasteiger partial charge in [-0.15, -0.1) is 0 Å². The van der Waals surface area contributed by atoms with E-state index in [0.29, 0.717) is 0 Å². The van der Waals surface area contributed by atoms with Crippen LogP contribution in [0.3, 0.4) is 0 Å². The van der Waals surface area contributed by atoms with E-state index < -0.39 is 29.8 Å². The van der Waals surface area contributed by atoms with Gasteiger partial charge in [0, 0.05) is 12.1 Å². The van der Waals surface area contributed by atoms with E-state index in [2.05, 4.69) is 15.3 Å². The number of imidazole rings is 1. The highest BCUT2D eigenvalue weighted by molar-refractivity contribution is 5.80. The number of carbonyl (C=O) groups is 2. The maximum Gasteiger partial charge on any atom is 0.408 e. The third-order valence-corrected chi connectivity index (χ3v) is 2.01. The van der Waals surface area contributed by atoms with Gasteiger partial charge in [0.15, 0.2) is 0 Å². The molecule has 0 spiro atoms. The minimum absolute atomic E-state index is 0.120. The number of carboxylic acid groups (broad SMARTS) is 1. The molecule has 1 aromatic heterocycles. The van der Waals surface area contributed by atoms with Crippen molar-refractivity contribution >= 4 is 12.1 Å². The monoisotopic (exact) mass is 273 g/mol. The molecule has 3 N–H and O–H groups in total. The molecule has 106 valence electrons. The summed E-state index contributed by atoms with van der Waals surface area (Å²) in [7, 11) is 0. The zero-order chi connectivity index (χ0) is 14.6. The summed E-state index contributed by atoms with van der Waals surface area (Å²) in [6.07, 6.45) is -0.607. The highest BCUT2D eigenvalue weighted by atomic mass is 19.1. The molecule has 1 amide bonds. The summed E-state index contributed by atoms with van der Waals surface area (Å²) in [5, 5.41) is 11.2. The van der Waals surface area contributed by atoms with Crippen LogP contribution in [0.2, 0.25) is 0 Å². The summed E-state index contributed by atoms with van der Waals surface area (Å²) in [5.74, 6) is -1.25. The molecule has 1 aromatic rings. The first kappa shape index (κ1) is 14.9. The SMILES string of the molecule is CC(C)(C)OC(=O)NC(Cc1cnc(F)[nH]1)C(=O)O. The molecule has 8 heteroatoms. The largest absolute Gasteiger partial charge is 0.480 e. The topological polar surface area (TPSA) is 104 Å². The number of nitrogens with one attached hydrogen (secondary N) is 2. The number of nitrogens with zero attached hydrogens (tertiary/aromatic N) is 1. The average molecular weight is 273 g/mol. The van der Waals surface area contributed by atoms with Crippen LogP contribution in [0.25, 0.3) is 0 Å². The summed E-state index contributed by atoms with van der Waals surface area (Å²) in [5.41, 5.74) is -0.464. The molecule has 0 aromatic carbocycles. The first-order valence-electron chi connectivity index (χ1n) is 5.59. The smallest absolute Gasteiger partial charge is 0.408 e. The first-order valence-corrected chi connectivity index (χ1v) is 5.59. The van der Waals surface area contributed by atoms with Crippen LogP contribution >= 0.6 is 0 Å². The minimum atomic E-state index is -1.25. The molecule has 0 aliphatic heterocycles. The van der Waals surface area contributed by atoms with E-state index in [1.54, 1.807) is 20.8 Å². The molecule has 0 saturated carbocycles. The van der Waals surface area contributed by atoms with Gasteiger partial charge in [0.1, 0.15) is 11.6 Å². The van der Waals surface area contributed by atoms with E-state index in [9.17, 15) is 14.0 Å². The number of alkyl carbamates (subject to hydrolysis) is 1. The predicted molar refractivity (Wildman–Crippen MR) is 63.0 cm³/mol. The summed E-state index contributed by atoms with van der Waals surface area (Å²) < 4.78 is 17.6. The van der Waals surface area contributed by atoms with Crippen molar-refractivity contribution in [3.8, 4) is 0 Å². The highest BCUT2D eigenvalue weighted by Gasteiger charge is 2.24. The number of aliphatic carboxylic acids is 1. The molecule has 19 heavy (non-hydrogen) atoms. The van der Waals surface area contributed by atoms with Gasteiger partial charge in [-0.05, 0) is 20.8 Å². The molecular formula is C11H16FN3O4. The quantitative estimate of drug-likeness (QED) is 0.761. The molecule has 0 bridgehead atoms. The van der Waals surface area contributed by atoms with E-state index in [1.807, 2.05) is 0 Å². The van der Waals surface area contributed by atoms with E-state index in [-0.39, 0.29) is 12.1 Å². The Morgan fingerprint density at radius 1 is 1.58 bits per heavy atom. The lowest BCUT2D eigenvalue weighted by atomic mass is 10.1. The number of carboxylic acids is 1. The van der Waals surface area contributed by atoms with Crippen molar-refractivity contribution in [3.63, 3.8) is 0 Å². The molecule has 7 nitrogen and oxygen atoms in total. The van der Waals surface area contributed by atoms with Crippen LogP contribution in [0, 0.1) is 6.08 Å². The minimum Gasteiger partial charge on any atom is -0.480 e. The number of rotatable bonds is 4. The van der Waals surface area contributed by atoms with Crippen LogP contribution in [-0.2, 0) is 16.0 Å². The Labute approximate surface area is 109 Å². The standard InChI is InChI=1S/C11H16FN3O4/c1-11(2,3)19-10(18)15-7(8(16)17)4-6-5-13-9(12)14-6/h5,7H,4H2,1-3H3,(H,13,14)(H,15,18)(H,16,17). The Hall–Kier alpha value is -2.12. The van der Waals surface area contributed by atoms with Crippen LogP contribution < -0.4 is 5.32 Å². The maximum absolute atomic E-state index is 12.6. The van der Waals surface area contributed by atoms with Gasteiger partial charge in [-0.25, -0.2) is 14.6 Å². The van der Waals surface area contributed by atoms with Crippen molar-refractivity contribution in [2.45, 2.75) is 38.8 Å². The number of ether oxygens (including phenoxy) is 1. The Kier molecular flexibility index (Phi) is 4.47. The first-order chi connectivity index (χ1) is 8.67. The number of H-pyrrole nitrogens is 1. The van der Waals surface area contributed by atoms with E-state index in [4.69, 9.17) is 9.84 Å². The number of hydrogen-bond acceptors (Lipinski definition) is 4. The lowest BCUT2D eigenvalue weighted by molar-refractivity contribution is -0.139. The second-order valence-electron chi connectivity index (χ2n) is 4.94. The van der Waals surface area contributed by atoms with Crippen LogP contribution in [0.4, 0.5) is 9.18 Å². The number of aromatic amines is 1. The van der Waals surface area contributed by atoms with Crippen molar-refractivity contribution in [2.75, 3.05) is 0 Å². The maximum atomic E-state index is 12.6. The van der Waals surface area contributed by atoms with Gasteiger partial charge in [0.2, 0.25) is 0 Å². The molecule has 1 heterocycles. The highest BCUT2D eigenvalue weighted by Crippen LogP contribution is 2.08. The molecule has 0 aliphatic rings. The summed E-state index contributed by atoms with van der Waals surface area (Å²) in [6, 6.07) is -1.23. The van der Waals surface area contributed by atoms with Crippen molar-refractivity contribution in [3.05, 3.63) is 18.0 Å². The van der Waals surface area contributed by atoms with E-state index in [0.717, 1.165) is 0 Å². The number of amides is 1. The number of aromatic nitrogens is 2. The lowest BCUT2D eigenvalue weighted by Gasteiger charge is -2.21. The van der Waals surface area contributed by atoms with Crippen LogP contribution in [0.1, 0.15) is 26.5 Å².